The number of urea groups is 1. The maximum atomic E-state index is 13.7. The number of carbonyl (C=O) groups is 2. The third kappa shape index (κ3) is 5.82. The molecule has 2 aliphatic rings. The van der Waals surface area contributed by atoms with Crippen molar-refractivity contribution in [2.45, 2.75) is 57.3 Å². The van der Waals surface area contributed by atoms with Crippen LogP contribution in [0, 0.1) is 11.7 Å². The Bertz CT molecular complexity index is 923. The van der Waals surface area contributed by atoms with Crippen LogP contribution in [0.3, 0.4) is 0 Å². The molecule has 9 heteroatoms. The summed E-state index contributed by atoms with van der Waals surface area (Å²) < 4.78 is 13.7. The number of hydrogen-bond donors (Lipinski definition) is 2. The van der Waals surface area contributed by atoms with E-state index in [0.29, 0.717) is 55.5 Å². The molecule has 0 spiro atoms. The third-order valence-corrected chi connectivity index (χ3v) is 7.41. The lowest BCUT2D eigenvalue weighted by atomic mass is 9.90. The van der Waals surface area contributed by atoms with E-state index in [2.05, 4.69) is 20.8 Å². The third-order valence-electron chi connectivity index (χ3n) is 6.41. The minimum absolute atomic E-state index is 0.0253. The predicted molar refractivity (Wildman–Crippen MR) is 122 cm³/mol. The van der Waals surface area contributed by atoms with E-state index in [-0.39, 0.29) is 23.7 Å². The summed E-state index contributed by atoms with van der Waals surface area (Å²) >= 11 is 1.47. The largest absolute Gasteiger partial charge is 0.356 e. The predicted octanol–water partition coefficient (Wildman–Crippen LogP) is 4.33. The second-order valence-corrected chi connectivity index (χ2v) is 9.61. The van der Waals surface area contributed by atoms with E-state index in [1.807, 2.05) is 0 Å². The number of aromatic nitrogens is 2. The number of carbonyl (C=O) groups excluding carboxylic acids is 2. The molecule has 1 aliphatic heterocycles. The number of rotatable bonds is 6. The zero-order valence-corrected chi connectivity index (χ0v) is 19.0. The molecule has 4 rings (SSSR count). The van der Waals surface area contributed by atoms with Gasteiger partial charge in [-0.3, -0.25) is 10.1 Å². The molecule has 3 amide bonds. The number of nitrogens with zero attached hydrogens (tertiary/aromatic N) is 3. The molecule has 1 aromatic carbocycles. The quantitative estimate of drug-likeness (QED) is 0.673. The number of piperidine rings is 1. The Hall–Kier alpha value is -2.55. The fourth-order valence-electron chi connectivity index (χ4n) is 4.48. The fraction of sp³-hybridized carbons (Fsp3) is 0.565. The van der Waals surface area contributed by atoms with E-state index < -0.39 is 0 Å². The van der Waals surface area contributed by atoms with Crippen LogP contribution >= 0.6 is 11.3 Å². The van der Waals surface area contributed by atoms with Crippen molar-refractivity contribution in [1.29, 1.82) is 0 Å². The lowest BCUT2D eigenvalue weighted by Gasteiger charge is -2.31. The highest BCUT2D eigenvalue weighted by Gasteiger charge is 2.28. The van der Waals surface area contributed by atoms with Gasteiger partial charge in [0.1, 0.15) is 10.8 Å². The van der Waals surface area contributed by atoms with Gasteiger partial charge in [-0.2, -0.15) is 0 Å². The van der Waals surface area contributed by atoms with Gasteiger partial charge in [-0.05, 0) is 43.7 Å². The van der Waals surface area contributed by atoms with Gasteiger partial charge in [0, 0.05) is 31.5 Å². The van der Waals surface area contributed by atoms with Gasteiger partial charge >= 0.3 is 6.03 Å². The topological polar surface area (TPSA) is 87.2 Å². The molecule has 1 saturated heterocycles. The minimum atomic E-state index is -0.248. The lowest BCUT2D eigenvalue weighted by Crippen LogP contribution is -2.44. The second kappa shape index (κ2) is 10.8. The highest BCUT2D eigenvalue weighted by Crippen LogP contribution is 2.35. The smallest absolute Gasteiger partial charge is 0.323 e. The summed E-state index contributed by atoms with van der Waals surface area (Å²) in [7, 11) is 0. The summed E-state index contributed by atoms with van der Waals surface area (Å²) in [6.07, 6.45) is 7.75. The van der Waals surface area contributed by atoms with Gasteiger partial charge < -0.3 is 10.2 Å². The van der Waals surface area contributed by atoms with E-state index in [0.717, 1.165) is 17.8 Å². The van der Waals surface area contributed by atoms with Gasteiger partial charge in [0.25, 0.3) is 0 Å². The molecule has 1 saturated carbocycles. The molecule has 2 fully saturated rings. The SMILES string of the molecule is O=C(NCCc1ccccc1F)C1CCN(C(=O)Nc2nnc(C3CCCCC3)s2)CC1. The van der Waals surface area contributed by atoms with Crippen molar-refractivity contribution in [1.82, 2.24) is 20.4 Å². The number of halogens is 1. The molecule has 2 N–H and O–H groups in total. The Labute approximate surface area is 191 Å². The van der Waals surface area contributed by atoms with Crippen LogP contribution in [0.5, 0.6) is 0 Å². The number of likely N-dealkylation sites (tertiary alicyclic amines) is 1. The Morgan fingerprint density at radius 2 is 1.81 bits per heavy atom. The highest BCUT2D eigenvalue weighted by molar-refractivity contribution is 7.15. The van der Waals surface area contributed by atoms with Crippen molar-refractivity contribution in [2.75, 3.05) is 25.0 Å². The number of amides is 3. The van der Waals surface area contributed by atoms with Gasteiger partial charge in [0.2, 0.25) is 11.0 Å². The summed E-state index contributed by atoms with van der Waals surface area (Å²) in [5.74, 6) is 0.0728. The van der Waals surface area contributed by atoms with E-state index >= 15 is 0 Å². The molecule has 0 bridgehead atoms. The Morgan fingerprint density at radius 1 is 1.06 bits per heavy atom. The van der Waals surface area contributed by atoms with Gasteiger partial charge in [-0.25, -0.2) is 9.18 Å². The zero-order chi connectivity index (χ0) is 22.3. The van der Waals surface area contributed by atoms with Crippen LogP contribution in [-0.2, 0) is 11.2 Å². The average molecular weight is 460 g/mol. The van der Waals surface area contributed by atoms with Crippen LogP contribution in [0.2, 0.25) is 0 Å². The molecule has 7 nitrogen and oxygen atoms in total. The van der Waals surface area contributed by atoms with E-state index in [1.165, 1.54) is 36.7 Å². The summed E-state index contributed by atoms with van der Waals surface area (Å²) in [4.78, 5) is 26.8. The van der Waals surface area contributed by atoms with Crippen LogP contribution in [0.15, 0.2) is 24.3 Å². The van der Waals surface area contributed by atoms with Crippen molar-refractivity contribution < 1.29 is 14.0 Å². The van der Waals surface area contributed by atoms with Crippen LogP contribution in [0.1, 0.15) is 61.4 Å². The van der Waals surface area contributed by atoms with Crippen molar-refractivity contribution in [3.63, 3.8) is 0 Å². The highest BCUT2D eigenvalue weighted by atomic mass is 32.1. The van der Waals surface area contributed by atoms with Crippen molar-refractivity contribution >= 4 is 28.4 Å². The molecule has 172 valence electrons. The average Bonchev–Trinajstić information content (AvgIpc) is 3.29. The molecular weight excluding hydrogens is 429 g/mol. The number of benzene rings is 1. The Kier molecular flexibility index (Phi) is 7.68. The van der Waals surface area contributed by atoms with Gasteiger partial charge in [-0.15, -0.1) is 10.2 Å². The van der Waals surface area contributed by atoms with E-state index in [9.17, 15) is 14.0 Å². The van der Waals surface area contributed by atoms with Crippen molar-refractivity contribution in [3.8, 4) is 0 Å². The van der Waals surface area contributed by atoms with Gasteiger partial charge in [0.05, 0.1) is 0 Å². The normalized spacial score (nSPS) is 17.8. The van der Waals surface area contributed by atoms with Crippen LogP contribution in [-0.4, -0.2) is 46.7 Å². The maximum absolute atomic E-state index is 13.7. The second-order valence-electron chi connectivity index (χ2n) is 8.60. The Morgan fingerprint density at radius 3 is 2.56 bits per heavy atom. The first-order valence-corrected chi connectivity index (χ1v) is 12.3. The zero-order valence-electron chi connectivity index (χ0n) is 18.2. The van der Waals surface area contributed by atoms with E-state index in [4.69, 9.17) is 0 Å². The number of anilines is 1. The number of hydrogen-bond acceptors (Lipinski definition) is 5. The van der Waals surface area contributed by atoms with E-state index in [1.54, 1.807) is 23.1 Å². The minimum Gasteiger partial charge on any atom is -0.356 e. The van der Waals surface area contributed by atoms with Gasteiger partial charge in [0.15, 0.2) is 0 Å². The molecule has 0 atom stereocenters. The molecular formula is C23H30FN5O2S. The fourth-order valence-corrected chi connectivity index (χ4v) is 5.38. The molecule has 1 aliphatic carbocycles. The van der Waals surface area contributed by atoms with Crippen LogP contribution in [0.4, 0.5) is 14.3 Å². The van der Waals surface area contributed by atoms with Gasteiger partial charge in [-0.1, -0.05) is 48.8 Å². The summed E-state index contributed by atoms with van der Waals surface area (Å²) in [5, 5.41) is 15.8. The molecule has 2 heterocycles. The standard InChI is InChI=1S/C23H30FN5O2S/c24-19-9-5-4-6-16(19)10-13-25-20(30)17-11-14-29(15-12-17)23(31)26-22-28-27-21(32-22)18-7-2-1-3-8-18/h4-6,9,17-18H,1-3,7-8,10-15H2,(H,25,30)(H,26,28,31). The first-order chi connectivity index (χ1) is 15.6. The monoisotopic (exact) mass is 459 g/mol. The van der Waals surface area contributed by atoms with Crippen LogP contribution < -0.4 is 10.6 Å². The van der Waals surface area contributed by atoms with Crippen LogP contribution in [0.25, 0.3) is 0 Å². The summed E-state index contributed by atoms with van der Waals surface area (Å²) in [6.45, 7) is 1.44. The molecule has 32 heavy (non-hydrogen) atoms. The summed E-state index contributed by atoms with van der Waals surface area (Å²) in [5.41, 5.74) is 0.600. The molecule has 0 radical (unpaired) electrons. The van der Waals surface area contributed by atoms with Crippen molar-refractivity contribution in [2.24, 2.45) is 5.92 Å². The maximum Gasteiger partial charge on any atom is 0.323 e. The lowest BCUT2D eigenvalue weighted by molar-refractivity contribution is -0.126. The first kappa shape index (κ1) is 22.6. The molecule has 0 unspecified atom stereocenters. The molecule has 2 aromatic rings. The molecule has 1 aromatic heterocycles. The Balaban J connectivity index is 1.18. The number of nitrogens with one attached hydrogen (secondary N) is 2. The van der Waals surface area contributed by atoms with Crippen molar-refractivity contribution in [3.05, 3.63) is 40.7 Å². The first-order valence-electron chi connectivity index (χ1n) is 11.5. The summed E-state index contributed by atoms with van der Waals surface area (Å²) in [6, 6.07) is 6.42.